The first-order valence-electron chi connectivity index (χ1n) is 4.45. The summed E-state index contributed by atoms with van der Waals surface area (Å²) < 4.78 is 0. The van der Waals surface area contributed by atoms with Crippen molar-refractivity contribution in [3.05, 3.63) is 41.9 Å². The highest BCUT2D eigenvalue weighted by Crippen LogP contribution is 2.27. The Morgan fingerprint density at radius 3 is 2.75 bits per heavy atom. The second kappa shape index (κ2) is 3.75. The van der Waals surface area contributed by atoms with Crippen LogP contribution < -0.4 is 0 Å². The van der Waals surface area contributed by atoms with E-state index in [2.05, 4.69) is 45.6 Å². The van der Waals surface area contributed by atoms with Gasteiger partial charge in [0, 0.05) is 0 Å². The van der Waals surface area contributed by atoms with Crippen molar-refractivity contribution in [3.63, 3.8) is 0 Å². The molecule has 0 fully saturated rings. The molecule has 1 aliphatic rings. The van der Waals surface area contributed by atoms with Gasteiger partial charge in [-0.15, -0.1) is 12.0 Å². The zero-order valence-corrected chi connectivity index (χ0v) is 8.22. The lowest BCUT2D eigenvalue weighted by Crippen LogP contribution is -2.06. The Balaban J connectivity index is 2.75. The second-order valence-corrected chi connectivity index (χ2v) is 3.72. The highest BCUT2D eigenvalue weighted by atomic mass is 14.2. The summed E-state index contributed by atoms with van der Waals surface area (Å²) in [5, 5.41) is 0. The minimum atomic E-state index is 0.627. The van der Waals surface area contributed by atoms with Crippen molar-refractivity contribution >= 4 is 0 Å². The quantitative estimate of drug-likeness (QED) is 0.542. The lowest BCUT2D eigenvalue weighted by molar-refractivity contribution is 0.670. The number of allylic oxidation sites excluding steroid dienone is 5. The monoisotopic (exact) mass is 161 g/mol. The van der Waals surface area contributed by atoms with Crippen LogP contribution >= 0.6 is 0 Å². The van der Waals surface area contributed by atoms with Crippen molar-refractivity contribution in [1.29, 1.82) is 0 Å². The highest BCUT2D eigenvalue weighted by molar-refractivity contribution is 5.40. The lowest BCUT2D eigenvalue weighted by atomic mass is 9.86. The molecule has 0 aromatic carbocycles. The summed E-state index contributed by atoms with van der Waals surface area (Å²) in [5.41, 5.74) is 2.46. The molecule has 0 heterocycles. The first kappa shape index (κ1) is 9.31. The Kier molecular flexibility index (Phi) is 2.91. The van der Waals surface area contributed by atoms with Crippen molar-refractivity contribution < 1.29 is 0 Å². The fourth-order valence-electron chi connectivity index (χ4n) is 1.37. The fraction of sp³-hybridized carbons (Fsp3) is 0.417. The van der Waals surface area contributed by atoms with Crippen molar-refractivity contribution in [3.8, 4) is 0 Å². The van der Waals surface area contributed by atoms with Crippen LogP contribution in [-0.2, 0) is 0 Å². The lowest BCUT2D eigenvalue weighted by Gasteiger charge is -2.30. The largest absolute Gasteiger partial charge is 0.313 e. The molecule has 1 atom stereocenters. The second-order valence-electron chi connectivity index (χ2n) is 3.72. The average molecular weight is 161 g/mol. The van der Waals surface area contributed by atoms with Gasteiger partial charge >= 0.3 is 0 Å². The predicted octanol–water partition coefficient (Wildman–Crippen LogP) is 3.68. The normalized spacial score (nSPS) is 22.7. The van der Waals surface area contributed by atoms with Gasteiger partial charge in [-0.2, -0.15) is 13.8 Å². The Morgan fingerprint density at radius 2 is 2.25 bits per heavy atom. The van der Waals surface area contributed by atoms with E-state index < -0.39 is 0 Å². The molecule has 0 N–H and O–H groups in total. The molecule has 0 aliphatic heterocycles. The first-order chi connectivity index (χ1) is 5.61. The molecule has 0 heteroatoms. The molecule has 0 bridgehead atoms. The standard InChI is InChI=1S/C12H17/c1-9(2)11-6-5-7-12(8-11)10(3)4/h5-6,8,12H,1,7H2,2-4H3/q-1. The summed E-state index contributed by atoms with van der Waals surface area (Å²) >= 11 is 0. The molecule has 1 rings (SSSR count). The van der Waals surface area contributed by atoms with Crippen molar-refractivity contribution in [2.75, 3.05) is 0 Å². The fourth-order valence-corrected chi connectivity index (χ4v) is 1.37. The minimum absolute atomic E-state index is 0.627. The molecule has 1 aliphatic carbocycles. The smallest absolute Gasteiger partial charge is 0.0299 e. The van der Waals surface area contributed by atoms with Gasteiger partial charge in [0.25, 0.3) is 0 Å². The van der Waals surface area contributed by atoms with Gasteiger partial charge in [-0.3, -0.25) is 0 Å². The molecule has 0 nitrogen and oxygen atoms in total. The minimum Gasteiger partial charge on any atom is -0.313 e. The molecular formula is C12H17-. The Morgan fingerprint density at radius 1 is 1.58 bits per heavy atom. The van der Waals surface area contributed by atoms with Gasteiger partial charge < -0.3 is 5.92 Å². The topological polar surface area (TPSA) is 0 Å². The summed E-state index contributed by atoms with van der Waals surface area (Å²) in [6.45, 7) is 10.4. The predicted molar refractivity (Wildman–Crippen MR) is 54.7 cm³/mol. The SMILES string of the molecule is C=C(C)C1=CC([C-](C)C)CC=C1. The van der Waals surface area contributed by atoms with E-state index in [1.165, 1.54) is 11.5 Å². The van der Waals surface area contributed by atoms with Crippen LogP contribution in [0.5, 0.6) is 0 Å². The van der Waals surface area contributed by atoms with E-state index in [0.717, 1.165) is 12.0 Å². The molecular weight excluding hydrogens is 144 g/mol. The van der Waals surface area contributed by atoms with Crippen LogP contribution in [0.25, 0.3) is 0 Å². The van der Waals surface area contributed by atoms with Gasteiger partial charge in [-0.1, -0.05) is 30.7 Å². The Hall–Kier alpha value is -0.780. The molecule has 0 spiro atoms. The first-order valence-corrected chi connectivity index (χ1v) is 4.45. The summed E-state index contributed by atoms with van der Waals surface area (Å²) in [4.78, 5) is 0. The van der Waals surface area contributed by atoms with E-state index >= 15 is 0 Å². The third-order valence-electron chi connectivity index (χ3n) is 2.30. The van der Waals surface area contributed by atoms with Gasteiger partial charge in [0.1, 0.15) is 0 Å². The summed E-state index contributed by atoms with van der Waals surface area (Å²) in [7, 11) is 0. The zero-order chi connectivity index (χ0) is 9.14. The van der Waals surface area contributed by atoms with E-state index in [1.54, 1.807) is 0 Å². The molecule has 0 saturated heterocycles. The van der Waals surface area contributed by atoms with Crippen molar-refractivity contribution in [1.82, 2.24) is 0 Å². The Labute approximate surface area is 75.7 Å². The number of hydrogen-bond donors (Lipinski definition) is 0. The number of rotatable bonds is 2. The summed E-state index contributed by atoms with van der Waals surface area (Å²) in [6.07, 6.45) is 7.88. The molecule has 0 aromatic heterocycles. The van der Waals surface area contributed by atoms with Crippen LogP contribution in [0.3, 0.4) is 0 Å². The average Bonchev–Trinajstić information content (AvgIpc) is 2.04. The maximum absolute atomic E-state index is 3.94. The molecule has 0 amide bonds. The molecule has 1 unspecified atom stereocenters. The van der Waals surface area contributed by atoms with Gasteiger partial charge in [0.05, 0.1) is 0 Å². The van der Waals surface area contributed by atoms with Crippen LogP contribution in [0.15, 0.2) is 36.0 Å². The third kappa shape index (κ3) is 2.10. The van der Waals surface area contributed by atoms with Crippen molar-refractivity contribution in [2.24, 2.45) is 5.92 Å². The maximum Gasteiger partial charge on any atom is -0.0299 e. The van der Waals surface area contributed by atoms with E-state index in [9.17, 15) is 0 Å². The van der Waals surface area contributed by atoms with E-state index in [0.29, 0.717) is 5.92 Å². The van der Waals surface area contributed by atoms with Gasteiger partial charge in [0.2, 0.25) is 0 Å². The molecule has 66 valence electrons. The van der Waals surface area contributed by atoms with Crippen LogP contribution in [-0.4, -0.2) is 0 Å². The van der Waals surface area contributed by atoms with Crippen molar-refractivity contribution in [2.45, 2.75) is 27.2 Å². The maximum atomic E-state index is 3.94. The third-order valence-corrected chi connectivity index (χ3v) is 2.30. The molecule has 0 radical (unpaired) electrons. The Bertz CT molecular complexity index is 228. The molecule has 12 heavy (non-hydrogen) atoms. The van der Waals surface area contributed by atoms with E-state index in [-0.39, 0.29) is 0 Å². The van der Waals surface area contributed by atoms with Gasteiger partial charge in [-0.05, 0) is 12.5 Å². The summed E-state index contributed by atoms with van der Waals surface area (Å²) in [6, 6.07) is 0. The zero-order valence-electron chi connectivity index (χ0n) is 8.22. The highest BCUT2D eigenvalue weighted by Gasteiger charge is 2.04. The number of hydrogen-bond acceptors (Lipinski definition) is 0. The molecule has 0 aromatic rings. The molecule has 0 saturated carbocycles. The summed E-state index contributed by atoms with van der Waals surface area (Å²) in [5.74, 6) is 2.11. The van der Waals surface area contributed by atoms with E-state index in [1.807, 2.05) is 0 Å². The van der Waals surface area contributed by atoms with E-state index in [4.69, 9.17) is 0 Å². The van der Waals surface area contributed by atoms with Crippen LogP contribution in [0.2, 0.25) is 0 Å². The van der Waals surface area contributed by atoms with Crippen LogP contribution in [0.4, 0.5) is 0 Å². The van der Waals surface area contributed by atoms with Gasteiger partial charge in [-0.25, -0.2) is 0 Å². The van der Waals surface area contributed by atoms with Gasteiger partial charge in [0.15, 0.2) is 0 Å². The van der Waals surface area contributed by atoms with Crippen LogP contribution in [0, 0.1) is 11.8 Å². The van der Waals surface area contributed by atoms with Crippen LogP contribution in [0.1, 0.15) is 27.2 Å².